The molecule has 1 aliphatic heterocycles. The number of benzene rings is 2. The normalized spacial score (nSPS) is 18.1. The minimum atomic E-state index is -0.264. The zero-order chi connectivity index (χ0) is 20.1. The quantitative estimate of drug-likeness (QED) is 0.786. The van der Waals surface area contributed by atoms with Crippen LogP contribution in [0, 0.1) is 17.2 Å². The van der Waals surface area contributed by atoms with Gasteiger partial charge in [-0.1, -0.05) is 38.1 Å². The molecule has 0 aliphatic carbocycles. The van der Waals surface area contributed by atoms with Crippen molar-refractivity contribution in [2.75, 3.05) is 31.6 Å². The summed E-state index contributed by atoms with van der Waals surface area (Å²) in [5, 5.41) is 12.5. The molecule has 4 nitrogen and oxygen atoms in total. The van der Waals surface area contributed by atoms with E-state index < -0.39 is 0 Å². The molecule has 2 N–H and O–H groups in total. The first-order valence-electron chi connectivity index (χ1n) is 9.86. The van der Waals surface area contributed by atoms with E-state index in [-0.39, 0.29) is 29.7 Å². The van der Waals surface area contributed by atoms with Crippen LogP contribution in [-0.4, -0.2) is 42.2 Å². The van der Waals surface area contributed by atoms with E-state index in [4.69, 9.17) is 0 Å². The number of aliphatic hydroxyl groups is 1. The van der Waals surface area contributed by atoms with Gasteiger partial charge in [0.15, 0.2) is 0 Å². The maximum Gasteiger partial charge on any atom is 0.228 e. The Morgan fingerprint density at radius 1 is 1.21 bits per heavy atom. The number of halogens is 1. The molecule has 1 aliphatic rings. The smallest absolute Gasteiger partial charge is 0.228 e. The lowest BCUT2D eigenvalue weighted by atomic mass is 9.90. The predicted molar refractivity (Wildman–Crippen MR) is 110 cm³/mol. The fraction of sp³-hybridized carbons (Fsp3) is 0.435. The summed E-state index contributed by atoms with van der Waals surface area (Å²) in [5.74, 6) is -0.292. The number of anilines is 1. The molecule has 0 bridgehead atoms. The number of nitrogens with one attached hydrogen (secondary N) is 1. The van der Waals surface area contributed by atoms with Crippen molar-refractivity contribution in [2.45, 2.75) is 26.7 Å². The molecule has 1 unspecified atom stereocenters. The van der Waals surface area contributed by atoms with Gasteiger partial charge in [-0.25, -0.2) is 4.39 Å². The summed E-state index contributed by atoms with van der Waals surface area (Å²) in [6.45, 7) is 6.68. The monoisotopic (exact) mass is 384 g/mol. The number of likely N-dealkylation sites (tertiary alicyclic amines) is 1. The zero-order valence-electron chi connectivity index (χ0n) is 16.6. The Morgan fingerprint density at radius 2 is 1.96 bits per heavy atom. The van der Waals surface area contributed by atoms with E-state index in [0.717, 1.165) is 42.7 Å². The molecule has 0 spiro atoms. The number of amides is 1. The highest BCUT2D eigenvalue weighted by Crippen LogP contribution is 2.25. The number of carbonyl (C=O) groups is 1. The van der Waals surface area contributed by atoms with E-state index in [9.17, 15) is 14.3 Å². The Balaban J connectivity index is 1.64. The second-order valence-electron chi connectivity index (χ2n) is 8.47. The standard InChI is InChI=1S/C23H29FN2O2/c1-23(2,16-27)15-26-12-4-6-19(14-26)22(28)25-21-7-3-5-18(13-21)17-8-10-20(24)11-9-17/h3,5,7-11,13,19,27H,4,6,12,14-16H2,1-2H3,(H,25,28). The Kier molecular flexibility index (Phi) is 6.47. The Labute approximate surface area is 166 Å². The Bertz CT molecular complexity index is 805. The minimum Gasteiger partial charge on any atom is -0.396 e. The van der Waals surface area contributed by atoms with Crippen molar-refractivity contribution in [3.63, 3.8) is 0 Å². The second-order valence-corrected chi connectivity index (χ2v) is 8.47. The third-order valence-corrected chi connectivity index (χ3v) is 5.26. The first-order chi connectivity index (χ1) is 13.4. The summed E-state index contributed by atoms with van der Waals surface area (Å²) < 4.78 is 13.1. The number of nitrogens with zero attached hydrogens (tertiary/aromatic N) is 1. The molecule has 1 amide bonds. The molecule has 0 radical (unpaired) electrons. The van der Waals surface area contributed by atoms with Crippen LogP contribution in [0.2, 0.25) is 0 Å². The van der Waals surface area contributed by atoms with E-state index in [1.807, 2.05) is 38.1 Å². The summed E-state index contributed by atoms with van der Waals surface area (Å²) in [6, 6.07) is 14.0. The maximum atomic E-state index is 13.1. The van der Waals surface area contributed by atoms with Crippen molar-refractivity contribution in [1.82, 2.24) is 4.90 Å². The van der Waals surface area contributed by atoms with Crippen LogP contribution in [0.15, 0.2) is 48.5 Å². The van der Waals surface area contributed by atoms with Gasteiger partial charge >= 0.3 is 0 Å². The molecule has 0 saturated carbocycles. The zero-order valence-corrected chi connectivity index (χ0v) is 16.6. The molecule has 28 heavy (non-hydrogen) atoms. The third kappa shape index (κ3) is 5.40. The highest BCUT2D eigenvalue weighted by atomic mass is 19.1. The van der Waals surface area contributed by atoms with E-state index in [2.05, 4.69) is 10.2 Å². The summed E-state index contributed by atoms with van der Waals surface area (Å²) in [6.07, 6.45) is 1.86. The van der Waals surface area contributed by atoms with Gasteiger partial charge in [-0.2, -0.15) is 0 Å². The van der Waals surface area contributed by atoms with Crippen LogP contribution in [0.1, 0.15) is 26.7 Å². The predicted octanol–water partition coefficient (Wildman–Crippen LogP) is 4.16. The molecule has 2 aromatic carbocycles. The van der Waals surface area contributed by atoms with E-state index in [1.54, 1.807) is 12.1 Å². The molecule has 2 aromatic rings. The van der Waals surface area contributed by atoms with Crippen molar-refractivity contribution in [1.29, 1.82) is 0 Å². The average Bonchev–Trinajstić information content (AvgIpc) is 2.68. The molecular weight excluding hydrogens is 355 g/mol. The van der Waals surface area contributed by atoms with Crippen LogP contribution in [0.3, 0.4) is 0 Å². The van der Waals surface area contributed by atoms with Crippen molar-refractivity contribution in [3.05, 3.63) is 54.3 Å². The van der Waals surface area contributed by atoms with E-state index in [1.165, 1.54) is 12.1 Å². The lowest BCUT2D eigenvalue weighted by molar-refractivity contribution is -0.121. The largest absolute Gasteiger partial charge is 0.396 e. The second kappa shape index (κ2) is 8.84. The Morgan fingerprint density at radius 3 is 2.68 bits per heavy atom. The number of piperidine rings is 1. The molecule has 5 heteroatoms. The van der Waals surface area contributed by atoms with Gasteiger partial charge in [0.2, 0.25) is 5.91 Å². The van der Waals surface area contributed by atoms with Crippen molar-refractivity contribution in [3.8, 4) is 11.1 Å². The number of aliphatic hydroxyl groups excluding tert-OH is 1. The van der Waals surface area contributed by atoms with Crippen LogP contribution in [0.25, 0.3) is 11.1 Å². The van der Waals surface area contributed by atoms with Crippen LogP contribution >= 0.6 is 0 Å². The van der Waals surface area contributed by atoms with Gasteiger partial charge in [0, 0.05) is 30.8 Å². The molecule has 1 saturated heterocycles. The number of carbonyl (C=O) groups excluding carboxylic acids is 1. The van der Waals surface area contributed by atoms with Gasteiger partial charge < -0.3 is 15.3 Å². The third-order valence-electron chi connectivity index (χ3n) is 5.26. The molecular formula is C23H29FN2O2. The maximum absolute atomic E-state index is 13.1. The molecule has 3 rings (SSSR count). The molecule has 150 valence electrons. The van der Waals surface area contributed by atoms with Gasteiger partial charge in [0.25, 0.3) is 0 Å². The first-order valence-corrected chi connectivity index (χ1v) is 9.86. The number of hydrogen-bond donors (Lipinski definition) is 2. The van der Waals surface area contributed by atoms with Crippen LogP contribution in [0.5, 0.6) is 0 Å². The van der Waals surface area contributed by atoms with E-state index in [0.29, 0.717) is 6.54 Å². The molecule has 1 heterocycles. The van der Waals surface area contributed by atoms with Gasteiger partial charge in [-0.05, 0) is 54.8 Å². The SMILES string of the molecule is CC(C)(CO)CN1CCCC(C(=O)Nc2cccc(-c3ccc(F)cc3)c2)C1. The van der Waals surface area contributed by atoms with Crippen molar-refractivity contribution >= 4 is 11.6 Å². The van der Waals surface area contributed by atoms with Gasteiger partial charge in [0.1, 0.15) is 5.82 Å². The number of rotatable bonds is 6. The van der Waals surface area contributed by atoms with Crippen LogP contribution < -0.4 is 5.32 Å². The van der Waals surface area contributed by atoms with Gasteiger partial charge in [0.05, 0.1) is 5.92 Å². The van der Waals surface area contributed by atoms with Crippen molar-refractivity contribution < 1.29 is 14.3 Å². The van der Waals surface area contributed by atoms with Gasteiger partial charge in [-0.15, -0.1) is 0 Å². The summed E-state index contributed by atoms with van der Waals surface area (Å²) in [7, 11) is 0. The highest BCUT2D eigenvalue weighted by Gasteiger charge is 2.29. The summed E-state index contributed by atoms with van der Waals surface area (Å²) in [4.78, 5) is 15.1. The summed E-state index contributed by atoms with van der Waals surface area (Å²) >= 11 is 0. The number of hydrogen-bond acceptors (Lipinski definition) is 3. The van der Waals surface area contributed by atoms with Crippen molar-refractivity contribution in [2.24, 2.45) is 11.3 Å². The molecule has 1 atom stereocenters. The topological polar surface area (TPSA) is 52.6 Å². The summed E-state index contributed by atoms with van der Waals surface area (Å²) in [5.41, 5.74) is 2.43. The molecule has 0 aromatic heterocycles. The fourth-order valence-electron chi connectivity index (χ4n) is 3.73. The van der Waals surface area contributed by atoms with Crippen LogP contribution in [-0.2, 0) is 4.79 Å². The fourth-order valence-corrected chi connectivity index (χ4v) is 3.73. The first kappa shape index (κ1) is 20.5. The minimum absolute atomic E-state index is 0.0303. The van der Waals surface area contributed by atoms with Crippen LogP contribution in [0.4, 0.5) is 10.1 Å². The highest BCUT2D eigenvalue weighted by molar-refractivity contribution is 5.93. The molecule has 1 fully saturated rings. The van der Waals surface area contributed by atoms with Gasteiger partial charge in [-0.3, -0.25) is 4.79 Å². The average molecular weight is 384 g/mol. The van der Waals surface area contributed by atoms with E-state index >= 15 is 0 Å². The Hall–Kier alpha value is -2.24. The lowest BCUT2D eigenvalue weighted by Crippen LogP contribution is -2.45. The lowest BCUT2D eigenvalue weighted by Gasteiger charge is -2.36.